The Labute approximate surface area is 291 Å². The van der Waals surface area contributed by atoms with Gasteiger partial charge in [-0.05, 0) is 0 Å². The molecule has 4 radical (unpaired) electrons. The molecule has 0 aliphatic rings. The minimum atomic E-state index is -1.12. The van der Waals surface area contributed by atoms with E-state index in [0.29, 0.717) is 0 Å². The first-order valence-electron chi connectivity index (χ1n) is 16.2. The molecule has 0 aliphatic heterocycles. The Bertz CT molecular complexity index is 763. The molecular weight excluding hydrogens is 794 g/mol. The average Bonchev–Trinajstić information content (AvgIpc) is 2.89. The van der Waals surface area contributed by atoms with E-state index >= 15 is 0 Å². The molecule has 0 heterocycles. The number of rotatable bonds is 10. The van der Waals surface area contributed by atoms with Gasteiger partial charge in [-0.1, -0.05) is 0 Å². The summed E-state index contributed by atoms with van der Waals surface area (Å²) >= 11 is -4.29. The van der Waals surface area contributed by atoms with Gasteiger partial charge in [-0.25, -0.2) is 0 Å². The molecule has 2 rings (SSSR count). The van der Waals surface area contributed by atoms with E-state index in [2.05, 4.69) is 171 Å². The number of hydrogen-bond acceptors (Lipinski definition) is 0. The number of halogens is 2. The second-order valence-corrected chi connectivity index (χ2v) is 47.0. The van der Waals surface area contributed by atoms with Crippen LogP contribution in [0.4, 0.5) is 0 Å². The summed E-state index contributed by atoms with van der Waals surface area (Å²) in [6, 6.07) is 22.2. The quantitative estimate of drug-likeness (QED) is 0.209. The van der Waals surface area contributed by atoms with Crippen molar-refractivity contribution in [1.82, 2.24) is 0 Å². The van der Waals surface area contributed by atoms with Crippen molar-refractivity contribution in [3.8, 4) is 0 Å². The fourth-order valence-electron chi connectivity index (χ4n) is 5.26. The molecule has 0 amide bonds. The van der Waals surface area contributed by atoms with E-state index in [1.54, 1.807) is 8.79 Å². The van der Waals surface area contributed by atoms with Crippen molar-refractivity contribution in [2.75, 3.05) is 0 Å². The first-order chi connectivity index (χ1) is 19.4. The van der Waals surface area contributed by atoms with Crippen molar-refractivity contribution in [1.29, 1.82) is 0 Å². The fourth-order valence-corrected chi connectivity index (χ4v) is 24.5. The van der Waals surface area contributed by atoms with Crippen LogP contribution in [0.15, 0.2) is 60.7 Å². The summed E-state index contributed by atoms with van der Waals surface area (Å²) in [5.41, 5.74) is 0. The van der Waals surface area contributed by atoms with Gasteiger partial charge in [0.25, 0.3) is 0 Å². The normalized spacial score (nSPS) is 11.8. The molecule has 6 heteroatoms. The molecule has 0 saturated carbocycles. The Morgan fingerprint density at radius 3 is 0.643 bits per heavy atom. The van der Waals surface area contributed by atoms with E-state index in [0.717, 1.165) is 38.0 Å². The van der Waals surface area contributed by atoms with Crippen molar-refractivity contribution in [3.63, 3.8) is 0 Å². The fraction of sp³-hybridized carbons (Fsp3) is 0.667. The van der Waals surface area contributed by atoms with E-state index in [9.17, 15) is 0 Å². The molecule has 0 fully saturated rings. The molecule has 0 bridgehead atoms. The van der Waals surface area contributed by atoms with Gasteiger partial charge in [-0.15, -0.1) is 0 Å². The molecule has 0 aromatic heterocycles. The summed E-state index contributed by atoms with van der Waals surface area (Å²) in [5.74, 6) is 0. The molecule has 0 spiro atoms. The van der Waals surface area contributed by atoms with Crippen LogP contribution < -0.4 is 8.79 Å². The number of hydrogen-bond donors (Lipinski definition) is 0. The molecule has 0 atom stereocenters. The van der Waals surface area contributed by atoms with Crippen molar-refractivity contribution >= 4 is 84.3 Å². The third-order valence-corrected chi connectivity index (χ3v) is 39.9. The van der Waals surface area contributed by atoms with Crippen LogP contribution in [0.2, 0.25) is 38.0 Å². The Morgan fingerprint density at radius 1 is 0.333 bits per heavy atom. The van der Waals surface area contributed by atoms with E-state index in [1.807, 2.05) is 0 Å². The summed E-state index contributed by atoms with van der Waals surface area (Å²) in [6.45, 7) is 36.8. The SMILES string of the molecule is C[CH](C)[Ge]([Cl])[CH](C)C.C[CH](C)[Ge]([Cl])[CH](C)C.C[CH](C)[Ge]([c]1ccccc1)[CH](C)C.C[CH](C)[Ge]([c]1ccccc1)[CH](C)C. The van der Waals surface area contributed by atoms with Crippen LogP contribution in [0.1, 0.15) is 111 Å². The molecule has 0 nitrogen and oxygen atoms in total. The molecule has 2 aromatic carbocycles. The van der Waals surface area contributed by atoms with Crippen LogP contribution >= 0.6 is 20.0 Å². The zero-order valence-corrected chi connectivity index (χ0v) is 40.1. The standard InChI is InChI=1S/2C12H19Ge.2C6H14ClGe/c2*1-10(2)13(11(3)4)12-8-6-5-7-9-12;2*1-5(2)8(7)6(3)4/h2*5-11H,1-4H3;2*5-6H,1-4H3. The van der Waals surface area contributed by atoms with E-state index in [1.165, 1.54) is 0 Å². The average molecular weight is 860 g/mol. The van der Waals surface area contributed by atoms with Gasteiger partial charge in [0, 0.05) is 0 Å². The minimum absolute atomic E-state index is 0.775. The van der Waals surface area contributed by atoms with Crippen molar-refractivity contribution in [2.24, 2.45) is 0 Å². The van der Waals surface area contributed by atoms with Gasteiger partial charge in [0.1, 0.15) is 0 Å². The second kappa shape index (κ2) is 25.3. The molecule has 240 valence electrons. The maximum atomic E-state index is 6.12. The Morgan fingerprint density at radius 2 is 0.524 bits per heavy atom. The van der Waals surface area contributed by atoms with Crippen molar-refractivity contribution in [2.45, 2.75) is 149 Å². The van der Waals surface area contributed by atoms with Crippen molar-refractivity contribution < 1.29 is 0 Å². The van der Waals surface area contributed by atoms with Crippen LogP contribution in [-0.2, 0) is 0 Å². The van der Waals surface area contributed by atoms with Gasteiger partial charge < -0.3 is 0 Å². The third-order valence-electron chi connectivity index (χ3n) is 6.91. The number of benzene rings is 2. The summed E-state index contributed by atoms with van der Waals surface area (Å²) in [4.78, 5) is 0. The second-order valence-electron chi connectivity index (χ2n) is 13.7. The van der Waals surface area contributed by atoms with Crippen molar-refractivity contribution in [3.05, 3.63) is 60.7 Å². The van der Waals surface area contributed by atoms with Crippen LogP contribution in [0.5, 0.6) is 0 Å². The zero-order chi connectivity index (χ0) is 33.2. The van der Waals surface area contributed by atoms with Crippen LogP contribution in [0.3, 0.4) is 0 Å². The van der Waals surface area contributed by atoms with Gasteiger partial charge in [0.15, 0.2) is 0 Å². The zero-order valence-electron chi connectivity index (χ0n) is 30.1. The molecule has 0 unspecified atom stereocenters. The van der Waals surface area contributed by atoms with E-state index in [4.69, 9.17) is 20.0 Å². The molecule has 42 heavy (non-hydrogen) atoms. The summed E-state index contributed by atoms with van der Waals surface area (Å²) in [5, 5.41) is 0. The Kier molecular flexibility index (Phi) is 27.3. The predicted octanol–water partition coefficient (Wildman–Crippen LogP) is 12.5. The van der Waals surface area contributed by atoms with E-state index in [-0.39, 0.29) is 0 Å². The molecule has 0 saturated heterocycles. The van der Waals surface area contributed by atoms with Gasteiger partial charge in [-0.3, -0.25) is 0 Å². The Balaban J connectivity index is 0. The third kappa shape index (κ3) is 20.3. The maximum absolute atomic E-state index is 6.12. The monoisotopic (exact) mass is 864 g/mol. The Hall–Kier alpha value is 1.19. The van der Waals surface area contributed by atoms with Crippen LogP contribution in [-0.4, -0.2) is 55.5 Å². The van der Waals surface area contributed by atoms with Crippen LogP contribution in [0.25, 0.3) is 0 Å². The summed E-state index contributed by atoms with van der Waals surface area (Å²) < 4.78 is 9.95. The summed E-state index contributed by atoms with van der Waals surface area (Å²) in [6.07, 6.45) is 0. The molecule has 2 aromatic rings. The van der Waals surface area contributed by atoms with E-state index < -0.39 is 55.5 Å². The van der Waals surface area contributed by atoms with Gasteiger partial charge >= 0.3 is 294 Å². The molecule has 0 N–H and O–H groups in total. The van der Waals surface area contributed by atoms with Gasteiger partial charge in [-0.2, -0.15) is 0 Å². The summed E-state index contributed by atoms with van der Waals surface area (Å²) in [7, 11) is 12.2. The first kappa shape index (κ1) is 45.3. The molecule has 0 aliphatic carbocycles. The van der Waals surface area contributed by atoms with Crippen LogP contribution in [0, 0.1) is 0 Å². The van der Waals surface area contributed by atoms with Gasteiger partial charge in [0.2, 0.25) is 0 Å². The van der Waals surface area contributed by atoms with Gasteiger partial charge in [0.05, 0.1) is 0 Å². The topological polar surface area (TPSA) is 0 Å². The predicted molar refractivity (Wildman–Crippen MR) is 208 cm³/mol. The first-order valence-corrected chi connectivity index (χ1v) is 33.5. The molecular formula is C36H66Cl2Ge4.